The van der Waals surface area contributed by atoms with Gasteiger partial charge in [0.15, 0.2) is 0 Å². The summed E-state index contributed by atoms with van der Waals surface area (Å²) in [5.74, 6) is -0.0593. The van der Waals surface area contributed by atoms with Crippen molar-refractivity contribution in [3.63, 3.8) is 0 Å². The molecule has 0 saturated heterocycles. The van der Waals surface area contributed by atoms with Crippen LogP contribution in [0.15, 0.2) is 87.6 Å². The maximum atomic E-state index is 12.9. The summed E-state index contributed by atoms with van der Waals surface area (Å²) in [5, 5.41) is 3.07. The van der Waals surface area contributed by atoms with Gasteiger partial charge in [-0.2, -0.15) is 0 Å². The number of rotatable bonds is 8. The van der Waals surface area contributed by atoms with Crippen LogP contribution < -0.4 is 10.2 Å². The highest BCUT2D eigenvalue weighted by Gasteiger charge is 2.18. The lowest BCUT2D eigenvalue weighted by Gasteiger charge is -2.23. The number of amides is 1. The van der Waals surface area contributed by atoms with Crippen LogP contribution in [-0.2, 0) is 0 Å². The van der Waals surface area contributed by atoms with Crippen molar-refractivity contribution < 1.29 is 4.79 Å². The summed E-state index contributed by atoms with van der Waals surface area (Å²) < 4.78 is 0. The first-order chi connectivity index (χ1) is 15.7. The van der Waals surface area contributed by atoms with E-state index in [2.05, 4.69) is 60.5 Å². The largest absolute Gasteiger partial charge is 0.370 e. The topological polar surface area (TPSA) is 44.7 Å². The van der Waals surface area contributed by atoms with Crippen molar-refractivity contribution in [1.29, 1.82) is 0 Å². The minimum absolute atomic E-state index is 0.0593. The smallest absolute Gasteiger partial charge is 0.251 e. The van der Waals surface area contributed by atoms with E-state index in [9.17, 15) is 4.79 Å². The number of anilines is 1. The Kier molecular flexibility index (Phi) is 7.28. The second-order valence-corrected chi connectivity index (χ2v) is 8.84. The van der Waals surface area contributed by atoms with Gasteiger partial charge in [0.2, 0.25) is 0 Å². The number of benzene rings is 3. The van der Waals surface area contributed by atoms with Crippen LogP contribution in [0.5, 0.6) is 0 Å². The fourth-order valence-electron chi connectivity index (χ4n) is 3.89. The molecule has 1 heterocycles. The van der Waals surface area contributed by atoms with Crippen LogP contribution in [0.4, 0.5) is 11.4 Å². The molecule has 1 aliphatic heterocycles. The van der Waals surface area contributed by atoms with E-state index < -0.39 is 0 Å². The van der Waals surface area contributed by atoms with Crippen LogP contribution in [-0.4, -0.2) is 31.3 Å². The highest BCUT2D eigenvalue weighted by atomic mass is 32.2. The van der Waals surface area contributed by atoms with Gasteiger partial charge in [-0.15, -0.1) is 0 Å². The third-order valence-corrected chi connectivity index (χ3v) is 6.69. The Labute approximate surface area is 194 Å². The molecule has 0 unspecified atom stereocenters. The Bertz CT molecular complexity index is 1110. The summed E-state index contributed by atoms with van der Waals surface area (Å²) in [5.41, 5.74) is 4.98. The molecule has 32 heavy (non-hydrogen) atoms. The van der Waals surface area contributed by atoms with Crippen molar-refractivity contribution in [2.24, 2.45) is 4.99 Å². The first-order valence-electron chi connectivity index (χ1n) is 11.3. The number of nitrogens with zero attached hydrogens (tertiary/aromatic N) is 2. The van der Waals surface area contributed by atoms with Gasteiger partial charge in [0.1, 0.15) is 0 Å². The first-order valence-corrected chi connectivity index (χ1v) is 12.1. The molecule has 4 nitrogen and oxygen atoms in total. The molecule has 0 radical (unpaired) electrons. The molecule has 1 N–H and O–H groups in total. The van der Waals surface area contributed by atoms with Gasteiger partial charge < -0.3 is 10.2 Å². The summed E-state index contributed by atoms with van der Waals surface area (Å²) in [6, 6.07) is 24.5. The second-order valence-electron chi connectivity index (χ2n) is 7.76. The summed E-state index contributed by atoms with van der Waals surface area (Å²) in [7, 11) is 0. The van der Waals surface area contributed by atoms with Gasteiger partial charge in [0.25, 0.3) is 5.91 Å². The zero-order valence-corrected chi connectivity index (χ0v) is 19.5. The first kappa shape index (κ1) is 22.2. The quantitative estimate of drug-likeness (QED) is 0.442. The number of hydrogen-bond donors (Lipinski definition) is 1. The average Bonchev–Trinajstić information content (AvgIpc) is 2.98. The molecule has 3 aromatic rings. The lowest BCUT2D eigenvalue weighted by Crippen LogP contribution is -2.34. The van der Waals surface area contributed by atoms with Gasteiger partial charge in [-0.05, 0) is 49.7 Å². The van der Waals surface area contributed by atoms with E-state index in [0.29, 0.717) is 12.1 Å². The second kappa shape index (κ2) is 10.5. The van der Waals surface area contributed by atoms with Crippen molar-refractivity contribution in [3.05, 3.63) is 83.9 Å². The summed E-state index contributed by atoms with van der Waals surface area (Å²) in [6.45, 7) is 6.54. The Morgan fingerprint density at radius 3 is 2.53 bits per heavy atom. The molecule has 1 aliphatic rings. The van der Waals surface area contributed by atoms with E-state index in [4.69, 9.17) is 4.99 Å². The van der Waals surface area contributed by atoms with Gasteiger partial charge >= 0.3 is 0 Å². The van der Waals surface area contributed by atoms with Crippen LogP contribution in [0.25, 0.3) is 0 Å². The summed E-state index contributed by atoms with van der Waals surface area (Å²) >= 11 is 1.72. The van der Waals surface area contributed by atoms with Gasteiger partial charge in [0, 0.05) is 52.0 Å². The number of fused-ring (bicyclic) bond motifs is 2. The van der Waals surface area contributed by atoms with E-state index in [0.717, 1.165) is 42.2 Å². The van der Waals surface area contributed by atoms with E-state index in [1.165, 1.54) is 16.1 Å². The molecule has 0 aliphatic carbocycles. The predicted molar refractivity (Wildman–Crippen MR) is 135 cm³/mol. The average molecular weight is 444 g/mol. The fourth-order valence-corrected chi connectivity index (χ4v) is 4.92. The third kappa shape index (κ3) is 5.05. The molecule has 0 aromatic heterocycles. The molecule has 0 fully saturated rings. The maximum absolute atomic E-state index is 12.9. The number of likely N-dealkylation sites (N-methyl/N-ethyl adjacent to an activating group) is 1. The molecule has 5 heteroatoms. The van der Waals surface area contributed by atoms with Gasteiger partial charge in [0.05, 0.1) is 5.69 Å². The molecular weight excluding hydrogens is 414 g/mol. The SMILES string of the molecule is CCCC1=Nc2cc(C(=O)NCCN(CC)c3ccccc3)ccc2Sc2ccccc21. The van der Waals surface area contributed by atoms with Gasteiger partial charge in [-0.3, -0.25) is 9.79 Å². The third-order valence-electron chi connectivity index (χ3n) is 5.55. The number of carbonyl (C=O) groups excluding carboxylic acids is 1. The van der Waals surface area contributed by atoms with Crippen LogP contribution >= 0.6 is 11.8 Å². The number of nitrogens with one attached hydrogen (secondary N) is 1. The molecule has 0 spiro atoms. The van der Waals surface area contributed by atoms with Crippen molar-refractivity contribution >= 4 is 34.8 Å². The highest BCUT2D eigenvalue weighted by molar-refractivity contribution is 7.99. The van der Waals surface area contributed by atoms with Crippen LogP contribution in [0.2, 0.25) is 0 Å². The van der Waals surface area contributed by atoms with Crippen molar-refractivity contribution in [1.82, 2.24) is 5.32 Å². The molecule has 0 bridgehead atoms. The van der Waals surface area contributed by atoms with Gasteiger partial charge in [-0.1, -0.05) is 61.5 Å². The zero-order chi connectivity index (χ0) is 22.3. The highest BCUT2D eigenvalue weighted by Crippen LogP contribution is 2.41. The Morgan fingerprint density at radius 2 is 1.75 bits per heavy atom. The Balaban J connectivity index is 1.48. The fraction of sp³-hybridized carbons (Fsp3) is 0.259. The van der Waals surface area contributed by atoms with Crippen molar-refractivity contribution in [3.8, 4) is 0 Å². The van der Waals surface area contributed by atoms with Gasteiger partial charge in [-0.25, -0.2) is 0 Å². The maximum Gasteiger partial charge on any atom is 0.251 e. The Hall–Kier alpha value is -3.05. The number of para-hydroxylation sites is 1. The number of hydrogen-bond acceptors (Lipinski definition) is 4. The number of carbonyl (C=O) groups is 1. The summed E-state index contributed by atoms with van der Waals surface area (Å²) in [6.07, 6.45) is 1.95. The standard InChI is InChI=1S/C27H29N3OS/c1-3-10-23-22-13-8-9-14-25(22)32-26-16-15-20(19-24(26)29-23)27(31)28-17-18-30(4-2)21-11-6-5-7-12-21/h5-9,11-16,19H,3-4,10,17-18H2,1-2H3,(H,28,31). The monoisotopic (exact) mass is 443 g/mol. The van der Waals surface area contributed by atoms with Crippen LogP contribution in [0.1, 0.15) is 42.6 Å². The molecule has 1 amide bonds. The van der Waals surface area contributed by atoms with Crippen molar-refractivity contribution in [2.45, 2.75) is 36.5 Å². The lowest BCUT2D eigenvalue weighted by molar-refractivity contribution is 0.0954. The summed E-state index contributed by atoms with van der Waals surface area (Å²) in [4.78, 5) is 22.4. The molecule has 0 atom stereocenters. The Morgan fingerprint density at radius 1 is 0.969 bits per heavy atom. The lowest BCUT2D eigenvalue weighted by atomic mass is 10.1. The molecule has 3 aromatic carbocycles. The van der Waals surface area contributed by atoms with E-state index >= 15 is 0 Å². The molecular formula is C27H29N3OS. The normalized spacial score (nSPS) is 12.2. The minimum Gasteiger partial charge on any atom is -0.370 e. The van der Waals surface area contributed by atoms with E-state index in [1.54, 1.807) is 11.8 Å². The van der Waals surface area contributed by atoms with E-state index in [-0.39, 0.29) is 5.91 Å². The number of aliphatic imine (C=N–C) groups is 1. The van der Waals surface area contributed by atoms with Crippen LogP contribution in [0.3, 0.4) is 0 Å². The minimum atomic E-state index is -0.0593. The molecule has 4 rings (SSSR count). The molecule has 0 saturated carbocycles. The zero-order valence-electron chi connectivity index (χ0n) is 18.7. The predicted octanol–water partition coefficient (Wildman–Crippen LogP) is 6.33. The molecule has 164 valence electrons. The van der Waals surface area contributed by atoms with Crippen molar-refractivity contribution in [2.75, 3.05) is 24.5 Å². The van der Waals surface area contributed by atoms with Crippen LogP contribution in [0, 0.1) is 0 Å². The van der Waals surface area contributed by atoms with E-state index in [1.807, 2.05) is 36.4 Å².